The highest BCUT2D eigenvalue weighted by molar-refractivity contribution is 5.49. The third kappa shape index (κ3) is 5.19. The number of nitrogens with one attached hydrogen (secondary N) is 1. The average molecular weight is 304 g/mol. The van der Waals surface area contributed by atoms with Gasteiger partial charge in [0.25, 0.3) is 0 Å². The molecule has 0 unspecified atom stereocenters. The fourth-order valence-electron chi connectivity index (χ4n) is 2.24. The van der Waals surface area contributed by atoms with E-state index >= 15 is 0 Å². The van der Waals surface area contributed by atoms with E-state index in [1.54, 1.807) is 13.0 Å². The maximum absolute atomic E-state index is 14.1. The Morgan fingerprint density at radius 1 is 1.29 bits per heavy atom. The molecule has 1 aliphatic rings. The van der Waals surface area contributed by atoms with Crippen LogP contribution < -0.4 is 10.2 Å². The van der Waals surface area contributed by atoms with Crippen LogP contribution >= 0.6 is 0 Å². The number of benzene rings is 1. The molecule has 0 aliphatic heterocycles. The van der Waals surface area contributed by atoms with Gasteiger partial charge in [-0.05, 0) is 37.0 Å². The van der Waals surface area contributed by atoms with Crippen molar-refractivity contribution < 1.29 is 17.6 Å². The van der Waals surface area contributed by atoms with E-state index in [4.69, 9.17) is 0 Å². The van der Waals surface area contributed by atoms with Gasteiger partial charge in [0.2, 0.25) is 0 Å². The van der Waals surface area contributed by atoms with E-state index in [0.717, 1.165) is 23.3 Å². The molecule has 0 amide bonds. The van der Waals surface area contributed by atoms with Crippen LogP contribution in [0.4, 0.5) is 23.2 Å². The zero-order valence-electron chi connectivity index (χ0n) is 12.0. The normalized spacial score (nSPS) is 15.3. The topological polar surface area (TPSA) is 15.3 Å². The van der Waals surface area contributed by atoms with Gasteiger partial charge in [-0.25, -0.2) is 4.39 Å². The second-order valence-corrected chi connectivity index (χ2v) is 5.48. The van der Waals surface area contributed by atoms with E-state index in [9.17, 15) is 17.6 Å². The molecule has 1 aromatic carbocycles. The SMILES string of the molecule is CCCN(CC(F)(F)F)c1ccc(CNC2CC2)cc1F. The first kappa shape index (κ1) is 16.1. The second kappa shape index (κ2) is 6.64. The van der Waals surface area contributed by atoms with E-state index < -0.39 is 18.5 Å². The minimum absolute atomic E-state index is 0.0179. The van der Waals surface area contributed by atoms with Crippen molar-refractivity contribution in [3.8, 4) is 0 Å². The molecule has 0 atom stereocenters. The largest absolute Gasteiger partial charge is 0.405 e. The number of hydrogen-bond donors (Lipinski definition) is 1. The zero-order valence-corrected chi connectivity index (χ0v) is 12.0. The van der Waals surface area contributed by atoms with Gasteiger partial charge in [0.1, 0.15) is 12.4 Å². The predicted molar refractivity (Wildman–Crippen MR) is 74.8 cm³/mol. The fraction of sp³-hybridized carbons (Fsp3) is 0.600. The number of halogens is 4. The third-order valence-corrected chi connectivity index (χ3v) is 3.39. The molecule has 118 valence electrons. The number of nitrogens with zero attached hydrogens (tertiary/aromatic N) is 1. The highest BCUT2D eigenvalue weighted by Gasteiger charge is 2.31. The summed E-state index contributed by atoms with van der Waals surface area (Å²) in [4.78, 5) is 1.05. The summed E-state index contributed by atoms with van der Waals surface area (Å²) in [6, 6.07) is 4.96. The van der Waals surface area contributed by atoms with Crippen molar-refractivity contribution >= 4 is 5.69 Å². The molecule has 2 rings (SSSR count). The standard InChI is InChI=1S/C15H20F4N2/c1-2-7-21(10-15(17,18)19)14-6-3-11(8-13(14)16)9-20-12-4-5-12/h3,6,8,12,20H,2,4-5,7,9-10H2,1H3. The van der Waals surface area contributed by atoms with Crippen LogP contribution in [-0.4, -0.2) is 25.3 Å². The van der Waals surface area contributed by atoms with Gasteiger partial charge in [-0.15, -0.1) is 0 Å². The van der Waals surface area contributed by atoms with Gasteiger partial charge in [0.15, 0.2) is 0 Å². The summed E-state index contributed by atoms with van der Waals surface area (Å²) in [5, 5.41) is 3.25. The molecule has 6 heteroatoms. The van der Waals surface area contributed by atoms with E-state index in [1.165, 1.54) is 12.1 Å². The van der Waals surface area contributed by atoms with Crippen LogP contribution in [0.25, 0.3) is 0 Å². The molecule has 0 aromatic heterocycles. The molecule has 1 N–H and O–H groups in total. The van der Waals surface area contributed by atoms with Crippen molar-refractivity contribution in [1.82, 2.24) is 5.32 Å². The predicted octanol–water partition coefficient (Wildman–Crippen LogP) is 3.86. The summed E-state index contributed by atoms with van der Waals surface area (Å²) in [6.45, 7) is 1.37. The lowest BCUT2D eigenvalue weighted by molar-refractivity contribution is -0.119. The van der Waals surface area contributed by atoms with E-state index in [2.05, 4.69) is 5.32 Å². The van der Waals surface area contributed by atoms with Crippen molar-refractivity contribution in [1.29, 1.82) is 0 Å². The summed E-state index contributed by atoms with van der Waals surface area (Å²) in [5.74, 6) is -0.595. The Morgan fingerprint density at radius 2 is 2.00 bits per heavy atom. The van der Waals surface area contributed by atoms with Gasteiger partial charge in [-0.3, -0.25) is 0 Å². The Balaban J connectivity index is 2.08. The minimum atomic E-state index is -4.34. The fourth-order valence-corrected chi connectivity index (χ4v) is 2.24. The molecule has 0 bridgehead atoms. The summed E-state index contributed by atoms with van der Waals surface area (Å²) in [6.07, 6.45) is -1.54. The van der Waals surface area contributed by atoms with Crippen molar-refractivity contribution in [3.05, 3.63) is 29.6 Å². The molecule has 21 heavy (non-hydrogen) atoms. The van der Waals surface area contributed by atoms with Gasteiger partial charge in [-0.1, -0.05) is 13.0 Å². The Morgan fingerprint density at radius 3 is 2.52 bits per heavy atom. The second-order valence-electron chi connectivity index (χ2n) is 5.48. The quantitative estimate of drug-likeness (QED) is 0.770. The molecule has 0 heterocycles. The van der Waals surface area contributed by atoms with Crippen LogP contribution in [0.1, 0.15) is 31.7 Å². The van der Waals surface area contributed by atoms with Crippen molar-refractivity contribution in [3.63, 3.8) is 0 Å². The van der Waals surface area contributed by atoms with Gasteiger partial charge in [-0.2, -0.15) is 13.2 Å². The minimum Gasteiger partial charge on any atom is -0.360 e. The Bertz CT molecular complexity index is 469. The molecule has 1 aromatic rings. The Hall–Kier alpha value is -1.30. The van der Waals surface area contributed by atoms with E-state index in [0.29, 0.717) is 19.0 Å². The van der Waals surface area contributed by atoms with Crippen LogP contribution in [0.3, 0.4) is 0 Å². The molecule has 0 saturated heterocycles. The molecule has 1 saturated carbocycles. The molecular weight excluding hydrogens is 284 g/mol. The first-order valence-corrected chi connectivity index (χ1v) is 7.22. The van der Waals surface area contributed by atoms with Gasteiger partial charge >= 0.3 is 6.18 Å². The number of rotatable bonds is 7. The van der Waals surface area contributed by atoms with Gasteiger partial charge in [0.05, 0.1) is 5.69 Å². The van der Waals surface area contributed by atoms with Crippen LogP contribution in [0, 0.1) is 5.82 Å². The Kier molecular flexibility index (Phi) is 5.08. The van der Waals surface area contributed by atoms with Crippen LogP contribution in [0.2, 0.25) is 0 Å². The molecule has 1 aliphatic carbocycles. The highest BCUT2D eigenvalue weighted by Crippen LogP contribution is 2.26. The molecule has 1 fully saturated rings. The summed E-state index contributed by atoms with van der Waals surface area (Å²) < 4.78 is 51.8. The molecule has 0 spiro atoms. The van der Waals surface area contributed by atoms with Crippen molar-refractivity contribution in [2.45, 2.75) is 44.9 Å². The van der Waals surface area contributed by atoms with E-state index in [-0.39, 0.29) is 12.2 Å². The molecule has 0 radical (unpaired) electrons. The van der Waals surface area contributed by atoms with Crippen LogP contribution in [0.15, 0.2) is 18.2 Å². The monoisotopic (exact) mass is 304 g/mol. The smallest absolute Gasteiger partial charge is 0.360 e. The number of alkyl halides is 3. The maximum Gasteiger partial charge on any atom is 0.405 e. The van der Waals surface area contributed by atoms with Crippen LogP contribution in [0.5, 0.6) is 0 Å². The average Bonchev–Trinajstić information content (AvgIpc) is 3.18. The lowest BCUT2D eigenvalue weighted by Crippen LogP contribution is -2.35. The lowest BCUT2D eigenvalue weighted by Gasteiger charge is -2.26. The Labute approximate surface area is 122 Å². The lowest BCUT2D eigenvalue weighted by atomic mass is 10.1. The summed E-state index contributed by atoms with van der Waals surface area (Å²) >= 11 is 0. The zero-order chi connectivity index (χ0) is 15.5. The van der Waals surface area contributed by atoms with Gasteiger partial charge in [0, 0.05) is 19.1 Å². The maximum atomic E-state index is 14.1. The highest BCUT2D eigenvalue weighted by atomic mass is 19.4. The summed E-state index contributed by atoms with van der Waals surface area (Å²) in [5.41, 5.74) is 0.774. The number of anilines is 1. The number of hydrogen-bond acceptors (Lipinski definition) is 2. The van der Waals surface area contributed by atoms with Crippen LogP contribution in [-0.2, 0) is 6.54 Å². The third-order valence-electron chi connectivity index (χ3n) is 3.39. The molecule has 2 nitrogen and oxygen atoms in total. The first-order chi connectivity index (χ1) is 9.89. The molecular formula is C15H20F4N2. The van der Waals surface area contributed by atoms with Gasteiger partial charge < -0.3 is 10.2 Å². The van der Waals surface area contributed by atoms with Crippen molar-refractivity contribution in [2.24, 2.45) is 0 Å². The van der Waals surface area contributed by atoms with E-state index in [1.807, 2.05) is 0 Å². The first-order valence-electron chi connectivity index (χ1n) is 7.22. The van der Waals surface area contributed by atoms with Crippen molar-refractivity contribution in [2.75, 3.05) is 18.0 Å². The summed E-state index contributed by atoms with van der Waals surface area (Å²) in [7, 11) is 0.